The Morgan fingerprint density at radius 1 is 1.33 bits per heavy atom. The molecule has 0 radical (unpaired) electrons. The van der Waals surface area contributed by atoms with Gasteiger partial charge in [0.25, 0.3) is 5.91 Å². The Kier molecular flexibility index (Phi) is 5.17. The lowest BCUT2D eigenvalue weighted by Crippen LogP contribution is -2.39. The third kappa shape index (κ3) is 3.73. The summed E-state index contributed by atoms with van der Waals surface area (Å²) in [5.41, 5.74) is 0.301. The summed E-state index contributed by atoms with van der Waals surface area (Å²) in [6.45, 7) is 2.20. The molecule has 4 aromatic rings. The molecule has 154 valence electrons. The highest BCUT2D eigenvalue weighted by atomic mass is 32.1. The van der Waals surface area contributed by atoms with Crippen molar-refractivity contribution >= 4 is 17.2 Å². The number of carbonyl (C=O) groups is 1. The van der Waals surface area contributed by atoms with E-state index in [1.807, 2.05) is 25.5 Å². The predicted octanol–water partition coefficient (Wildman–Crippen LogP) is 3.55. The highest BCUT2D eigenvalue weighted by Crippen LogP contribution is 2.32. The largest absolute Gasteiger partial charge is 0.355 e. The molecule has 0 bridgehead atoms. The Bertz CT molecular complexity index is 1190. The van der Waals surface area contributed by atoms with Crippen LogP contribution in [0, 0.1) is 11.6 Å². The topological polar surface area (TPSA) is 85.8 Å². The van der Waals surface area contributed by atoms with Crippen molar-refractivity contribution < 1.29 is 18.1 Å². The first-order valence-corrected chi connectivity index (χ1v) is 9.84. The van der Waals surface area contributed by atoms with Gasteiger partial charge in [-0.15, -0.1) is 11.3 Å². The first-order chi connectivity index (χ1) is 14.4. The number of aromatic nitrogens is 4. The van der Waals surface area contributed by atoms with E-state index in [1.54, 1.807) is 17.1 Å². The van der Waals surface area contributed by atoms with Crippen LogP contribution < -0.4 is 5.32 Å². The van der Waals surface area contributed by atoms with Crippen molar-refractivity contribution in [3.8, 4) is 11.3 Å². The number of hydrogen-bond acceptors (Lipinski definition) is 6. The number of thiazole rings is 1. The van der Waals surface area contributed by atoms with Crippen LogP contribution in [0.1, 0.15) is 28.0 Å². The molecule has 1 unspecified atom stereocenters. The molecule has 1 aromatic carbocycles. The van der Waals surface area contributed by atoms with Crippen molar-refractivity contribution in [1.82, 2.24) is 25.2 Å². The van der Waals surface area contributed by atoms with E-state index in [1.165, 1.54) is 23.5 Å². The monoisotopic (exact) mass is 429 g/mol. The van der Waals surface area contributed by atoms with Crippen molar-refractivity contribution in [3.63, 3.8) is 0 Å². The van der Waals surface area contributed by atoms with Gasteiger partial charge in [0.2, 0.25) is 0 Å². The summed E-state index contributed by atoms with van der Waals surface area (Å²) in [5.74, 6) is -1.96. The highest BCUT2D eigenvalue weighted by molar-refractivity contribution is 7.09. The van der Waals surface area contributed by atoms with Crippen LogP contribution in [0.3, 0.4) is 0 Å². The summed E-state index contributed by atoms with van der Waals surface area (Å²) in [4.78, 5) is 17.1. The predicted molar refractivity (Wildman–Crippen MR) is 106 cm³/mol. The second-order valence-corrected chi connectivity index (χ2v) is 7.85. The van der Waals surface area contributed by atoms with Gasteiger partial charge in [0, 0.05) is 49.1 Å². The summed E-state index contributed by atoms with van der Waals surface area (Å²) in [6, 6.07) is 4.39. The zero-order chi connectivity index (χ0) is 21.3. The Balaban J connectivity index is 1.54. The summed E-state index contributed by atoms with van der Waals surface area (Å²) < 4.78 is 33.8. The lowest BCUT2D eigenvalue weighted by atomic mass is 9.85. The number of aryl methyl sites for hydroxylation is 1. The minimum atomic E-state index is -0.800. The van der Waals surface area contributed by atoms with Crippen LogP contribution in [0.25, 0.3) is 11.3 Å². The molecule has 7 nitrogen and oxygen atoms in total. The summed E-state index contributed by atoms with van der Waals surface area (Å²) in [6.07, 6.45) is 5.32. The Hall–Kier alpha value is -3.40. The average Bonchev–Trinajstić information content (AvgIpc) is 3.47. The fourth-order valence-electron chi connectivity index (χ4n) is 3.05. The molecule has 30 heavy (non-hydrogen) atoms. The number of hydrogen-bond donors (Lipinski definition) is 1. The van der Waals surface area contributed by atoms with Gasteiger partial charge in [-0.2, -0.15) is 5.10 Å². The molecule has 3 heterocycles. The molecule has 0 saturated carbocycles. The number of amides is 1. The second kappa shape index (κ2) is 7.79. The van der Waals surface area contributed by atoms with E-state index in [0.717, 1.165) is 22.7 Å². The lowest BCUT2D eigenvalue weighted by Gasteiger charge is -2.26. The Morgan fingerprint density at radius 3 is 2.83 bits per heavy atom. The van der Waals surface area contributed by atoms with Crippen molar-refractivity contribution in [2.24, 2.45) is 7.05 Å². The van der Waals surface area contributed by atoms with Crippen molar-refractivity contribution in [3.05, 3.63) is 76.1 Å². The van der Waals surface area contributed by atoms with Crippen LogP contribution >= 0.6 is 11.3 Å². The maximum atomic E-state index is 14.0. The van der Waals surface area contributed by atoms with Crippen LogP contribution in [-0.4, -0.2) is 32.4 Å². The molecule has 0 aliphatic carbocycles. The molecule has 4 rings (SSSR count). The molecule has 10 heteroatoms. The van der Waals surface area contributed by atoms with Gasteiger partial charge in [0.1, 0.15) is 16.6 Å². The third-order valence-corrected chi connectivity index (χ3v) is 5.83. The quantitative estimate of drug-likeness (QED) is 0.507. The van der Waals surface area contributed by atoms with Crippen LogP contribution in [0.2, 0.25) is 0 Å². The van der Waals surface area contributed by atoms with E-state index in [0.29, 0.717) is 0 Å². The van der Waals surface area contributed by atoms with Crippen LogP contribution in [0.4, 0.5) is 8.78 Å². The van der Waals surface area contributed by atoms with Gasteiger partial charge in [0.05, 0.1) is 17.2 Å². The number of carbonyl (C=O) groups excluding carboxylic acids is 1. The smallest absolute Gasteiger partial charge is 0.273 e. The summed E-state index contributed by atoms with van der Waals surface area (Å²) in [5, 5.41) is 13.5. The number of benzene rings is 1. The van der Waals surface area contributed by atoms with Gasteiger partial charge in [-0.05, 0) is 19.1 Å². The fourth-order valence-corrected chi connectivity index (χ4v) is 3.87. The van der Waals surface area contributed by atoms with Gasteiger partial charge in [-0.3, -0.25) is 9.48 Å². The molecule has 0 saturated heterocycles. The van der Waals surface area contributed by atoms with Crippen molar-refractivity contribution in [2.45, 2.75) is 12.3 Å². The standard InChI is InChI=1S/C20H17F2N5O2S/c1-20(19-23-5-6-30-19,12-9-25-27(2)10-12)11-24-18(28)16-8-17(29-26-16)14-4-3-13(21)7-15(14)22/h3-10H,11H2,1-2H3,(H,24,28). The van der Waals surface area contributed by atoms with Crippen LogP contribution in [0.5, 0.6) is 0 Å². The normalized spacial score (nSPS) is 13.2. The van der Waals surface area contributed by atoms with E-state index >= 15 is 0 Å². The molecule has 0 aliphatic heterocycles. The van der Waals surface area contributed by atoms with Crippen molar-refractivity contribution in [1.29, 1.82) is 0 Å². The average molecular weight is 429 g/mol. The van der Waals surface area contributed by atoms with Gasteiger partial charge >= 0.3 is 0 Å². The molecule has 0 fully saturated rings. The molecule has 3 aromatic heterocycles. The van der Waals surface area contributed by atoms with Crippen LogP contribution in [-0.2, 0) is 12.5 Å². The van der Waals surface area contributed by atoms with E-state index < -0.39 is 23.0 Å². The third-order valence-electron chi connectivity index (χ3n) is 4.79. The Morgan fingerprint density at radius 2 is 2.17 bits per heavy atom. The minimum absolute atomic E-state index is 0.0126. The highest BCUT2D eigenvalue weighted by Gasteiger charge is 2.34. The first kappa shape index (κ1) is 19.9. The summed E-state index contributed by atoms with van der Waals surface area (Å²) in [7, 11) is 1.82. The molecule has 0 spiro atoms. The summed E-state index contributed by atoms with van der Waals surface area (Å²) >= 11 is 1.48. The lowest BCUT2D eigenvalue weighted by molar-refractivity contribution is 0.0938. The number of nitrogens with zero attached hydrogens (tertiary/aromatic N) is 4. The number of halogens is 2. The zero-order valence-corrected chi connectivity index (χ0v) is 16.9. The molecular formula is C20H17F2N5O2S. The maximum absolute atomic E-state index is 14.0. The van der Waals surface area contributed by atoms with Gasteiger partial charge < -0.3 is 9.84 Å². The van der Waals surface area contributed by atoms with E-state index in [2.05, 4.69) is 20.6 Å². The van der Waals surface area contributed by atoms with E-state index in [-0.39, 0.29) is 23.6 Å². The maximum Gasteiger partial charge on any atom is 0.273 e. The SMILES string of the molecule is Cn1cc(C(C)(CNC(=O)c2cc(-c3ccc(F)cc3F)on2)c2nccs2)cn1. The van der Waals surface area contributed by atoms with Gasteiger partial charge in [-0.1, -0.05) is 5.16 Å². The number of nitrogens with one attached hydrogen (secondary N) is 1. The van der Waals surface area contributed by atoms with Crippen molar-refractivity contribution in [2.75, 3.05) is 6.54 Å². The first-order valence-electron chi connectivity index (χ1n) is 8.96. The second-order valence-electron chi connectivity index (χ2n) is 6.96. The van der Waals surface area contributed by atoms with Crippen LogP contribution in [0.15, 0.2) is 52.8 Å². The minimum Gasteiger partial charge on any atom is -0.355 e. The molecular weight excluding hydrogens is 412 g/mol. The molecule has 0 aliphatic rings. The molecule has 1 atom stereocenters. The van der Waals surface area contributed by atoms with E-state index in [9.17, 15) is 13.6 Å². The van der Waals surface area contributed by atoms with Gasteiger partial charge in [-0.25, -0.2) is 13.8 Å². The zero-order valence-electron chi connectivity index (χ0n) is 16.1. The fraction of sp³-hybridized carbons (Fsp3) is 0.200. The number of rotatable bonds is 6. The molecule has 1 N–H and O–H groups in total. The van der Waals surface area contributed by atoms with E-state index in [4.69, 9.17) is 4.52 Å². The molecule has 1 amide bonds. The Labute approximate surface area is 174 Å². The van der Waals surface area contributed by atoms with Gasteiger partial charge in [0.15, 0.2) is 11.5 Å².